The normalized spacial score (nSPS) is 11.5. The topological polar surface area (TPSA) is 76.9 Å². The zero-order chi connectivity index (χ0) is 16.8. The fourth-order valence-corrected chi connectivity index (χ4v) is 2.79. The minimum atomic E-state index is -3.37. The highest BCUT2D eigenvalue weighted by molar-refractivity contribution is 7.90. The third-order valence-corrected chi connectivity index (χ3v) is 4.72. The number of quaternary nitrogens is 1. The van der Waals surface area contributed by atoms with Crippen LogP contribution in [0.15, 0.2) is 23.1 Å². The maximum absolute atomic E-state index is 12.3. The molecule has 2 N–H and O–H groups in total. The molecular formula is C15H25N2O4S+. The van der Waals surface area contributed by atoms with Gasteiger partial charge in [0, 0.05) is 6.26 Å². The second-order valence-corrected chi connectivity index (χ2v) is 7.11. The number of hydrogen-bond donors (Lipinski definition) is 2. The largest absolute Gasteiger partial charge is 0.496 e. The number of carbonyl (C=O) groups is 1. The van der Waals surface area contributed by atoms with E-state index >= 15 is 0 Å². The van der Waals surface area contributed by atoms with Gasteiger partial charge in [-0.05, 0) is 32.0 Å². The average Bonchev–Trinajstić information content (AvgIpc) is 2.49. The van der Waals surface area contributed by atoms with E-state index in [9.17, 15) is 13.2 Å². The van der Waals surface area contributed by atoms with Crippen LogP contribution in [0.3, 0.4) is 0 Å². The molecule has 0 unspecified atom stereocenters. The summed E-state index contributed by atoms with van der Waals surface area (Å²) in [5.74, 6) is 0.0361. The monoisotopic (exact) mass is 329 g/mol. The molecule has 22 heavy (non-hydrogen) atoms. The molecule has 0 spiro atoms. The Morgan fingerprint density at radius 2 is 1.91 bits per heavy atom. The molecule has 0 radical (unpaired) electrons. The van der Waals surface area contributed by atoms with E-state index in [2.05, 4.69) is 19.2 Å². The molecule has 6 nitrogen and oxygen atoms in total. The second kappa shape index (κ2) is 8.14. The van der Waals surface area contributed by atoms with Gasteiger partial charge in [-0.3, -0.25) is 4.79 Å². The molecule has 0 atom stereocenters. The van der Waals surface area contributed by atoms with Crippen molar-refractivity contribution in [1.82, 2.24) is 5.32 Å². The van der Waals surface area contributed by atoms with Crippen molar-refractivity contribution in [3.63, 3.8) is 0 Å². The molecule has 0 heterocycles. The van der Waals surface area contributed by atoms with Gasteiger partial charge < -0.3 is 15.0 Å². The Kier molecular flexibility index (Phi) is 6.83. The van der Waals surface area contributed by atoms with Crippen molar-refractivity contribution in [1.29, 1.82) is 0 Å². The molecular weight excluding hydrogens is 304 g/mol. The highest BCUT2D eigenvalue weighted by atomic mass is 32.2. The lowest BCUT2D eigenvalue weighted by molar-refractivity contribution is -0.895. The van der Waals surface area contributed by atoms with Gasteiger partial charge >= 0.3 is 0 Å². The molecule has 0 saturated heterocycles. The molecule has 0 bridgehead atoms. The van der Waals surface area contributed by atoms with Crippen molar-refractivity contribution >= 4 is 15.7 Å². The van der Waals surface area contributed by atoms with Crippen LogP contribution in [0.5, 0.6) is 5.75 Å². The summed E-state index contributed by atoms with van der Waals surface area (Å²) in [6.45, 7) is 7.55. The van der Waals surface area contributed by atoms with Gasteiger partial charge in [-0.1, -0.05) is 0 Å². The highest BCUT2D eigenvalue weighted by Crippen LogP contribution is 2.22. The first-order chi connectivity index (χ1) is 10.3. The number of hydrogen-bond acceptors (Lipinski definition) is 4. The molecule has 1 aromatic rings. The number of methoxy groups -OCH3 is 1. The molecule has 7 heteroatoms. The SMILES string of the molecule is CC[NH+](CC)CCNC(=O)c1cc(S(C)(=O)=O)ccc1OC. The minimum absolute atomic E-state index is 0.104. The minimum Gasteiger partial charge on any atom is -0.496 e. The number of sulfone groups is 1. The van der Waals surface area contributed by atoms with Crippen LogP contribution < -0.4 is 15.0 Å². The summed E-state index contributed by atoms with van der Waals surface area (Å²) in [7, 11) is -1.91. The van der Waals surface area contributed by atoms with Crippen molar-refractivity contribution in [2.24, 2.45) is 0 Å². The maximum Gasteiger partial charge on any atom is 0.255 e. The zero-order valence-corrected chi connectivity index (χ0v) is 14.4. The predicted molar refractivity (Wildman–Crippen MR) is 85.3 cm³/mol. The van der Waals surface area contributed by atoms with E-state index in [4.69, 9.17) is 4.74 Å². The number of rotatable bonds is 8. The molecule has 124 valence electrons. The van der Waals surface area contributed by atoms with E-state index in [1.165, 1.54) is 30.2 Å². The van der Waals surface area contributed by atoms with Gasteiger partial charge in [0.25, 0.3) is 5.91 Å². The van der Waals surface area contributed by atoms with Crippen LogP contribution in [0.1, 0.15) is 24.2 Å². The second-order valence-electron chi connectivity index (χ2n) is 5.10. The van der Waals surface area contributed by atoms with E-state index < -0.39 is 9.84 Å². The van der Waals surface area contributed by atoms with Crippen LogP contribution in [0, 0.1) is 0 Å². The molecule has 1 amide bonds. The molecule has 1 rings (SSSR count). The van der Waals surface area contributed by atoms with Crippen molar-refractivity contribution in [3.05, 3.63) is 23.8 Å². The Balaban J connectivity index is 2.87. The Morgan fingerprint density at radius 1 is 1.27 bits per heavy atom. The highest BCUT2D eigenvalue weighted by Gasteiger charge is 2.17. The van der Waals surface area contributed by atoms with Crippen molar-refractivity contribution in [2.75, 3.05) is 39.5 Å². The van der Waals surface area contributed by atoms with Crippen molar-refractivity contribution < 1.29 is 22.8 Å². The summed E-state index contributed by atoms with van der Waals surface area (Å²) in [5, 5.41) is 2.82. The molecule has 0 aliphatic carbocycles. The van der Waals surface area contributed by atoms with E-state index in [-0.39, 0.29) is 16.4 Å². The molecule has 0 aliphatic heterocycles. The summed E-state index contributed by atoms with van der Waals surface area (Å²) in [6, 6.07) is 4.29. The van der Waals surface area contributed by atoms with E-state index in [1.807, 2.05) is 0 Å². The van der Waals surface area contributed by atoms with Gasteiger partial charge in [0.1, 0.15) is 5.75 Å². The Bertz CT molecular complexity index is 610. The van der Waals surface area contributed by atoms with Gasteiger partial charge in [0.2, 0.25) is 0 Å². The fraction of sp³-hybridized carbons (Fsp3) is 0.533. The van der Waals surface area contributed by atoms with Gasteiger partial charge in [0.05, 0.1) is 43.7 Å². The van der Waals surface area contributed by atoms with E-state index in [1.54, 1.807) is 0 Å². The maximum atomic E-state index is 12.3. The predicted octanol–water partition coefficient (Wildman–Crippen LogP) is -0.247. The van der Waals surface area contributed by atoms with Crippen molar-refractivity contribution in [2.45, 2.75) is 18.7 Å². The van der Waals surface area contributed by atoms with Gasteiger partial charge in [0.15, 0.2) is 9.84 Å². The Morgan fingerprint density at radius 3 is 2.41 bits per heavy atom. The number of carbonyl (C=O) groups excluding carboxylic acids is 1. The first kappa shape index (κ1) is 18.4. The van der Waals surface area contributed by atoms with Gasteiger partial charge in [-0.15, -0.1) is 0 Å². The summed E-state index contributed by atoms with van der Waals surface area (Å²) in [4.78, 5) is 13.8. The van der Waals surface area contributed by atoms with Gasteiger partial charge in [-0.2, -0.15) is 0 Å². The lowest BCUT2D eigenvalue weighted by Crippen LogP contribution is -3.12. The number of likely N-dealkylation sites (N-methyl/N-ethyl adjacent to an activating group) is 1. The van der Waals surface area contributed by atoms with Gasteiger partial charge in [-0.25, -0.2) is 8.42 Å². The lowest BCUT2D eigenvalue weighted by Gasteiger charge is -2.16. The number of nitrogens with one attached hydrogen (secondary N) is 2. The summed E-state index contributed by atoms with van der Waals surface area (Å²) in [5.41, 5.74) is 0.236. The first-order valence-electron chi connectivity index (χ1n) is 7.33. The molecule has 0 aromatic heterocycles. The fourth-order valence-electron chi connectivity index (χ4n) is 2.15. The molecule has 1 aromatic carbocycles. The van der Waals surface area contributed by atoms with Crippen LogP contribution >= 0.6 is 0 Å². The quantitative estimate of drug-likeness (QED) is 0.690. The molecule has 0 fully saturated rings. The van der Waals surface area contributed by atoms with E-state index in [0.717, 1.165) is 25.9 Å². The smallest absolute Gasteiger partial charge is 0.255 e. The standard InChI is InChI=1S/C15H24N2O4S/c1-5-17(6-2)10-9-16-15(18)13-11-12(22(4,19)20)7-8-14(13)21-3/h7-8,11H,5-6,9-10H2,1-4H3,(H,16,18)/p+1. The van der Waals surface area contributed by atoms with Crippen molar-refractivity contribution in [3.8, 4) is 5.75 Å². The molecule has 0 saturated carbocycles. The zero-order valence-electron chi connectivity index (χ0n) is 13.6. The summed E-state index contributed by atoms with van der Waals surface area (Å²) >= 11 is 0. The van der Waals surface area contributed by atoms with Crippen LogP contribution in [-0.2, 0) is 9.84 Å². The number of ether oxygens (including phenoxy) is 1. The van der Waals surface area contributed by atoms with E-state index in [0.29, 0.717) is 12.3 Å². The Labute approximate surface area is 132 Å². The van der Waals surface area contributed by atoms with Crippen LogP contribution in [0.4, 0.5) is 0 Å². The summed E-state index contributed by atoms with van der Waals surface area (Å²) < 4.78 is 28.4. The number of benzene rings is 1. The third-order valence-electron chi connectivity index (χ3n) is 3.61. The van der Waals surface area contributed by atoms with Crippen LogP contribution in [-0.4, -0.2) is 53.9 Å². The number of amides is 1. The molecule has 0 aliphatic rings. The van der Waals surface area contributed by atoms with Crippen LogP contribution in [0.2, 0.25) is 0 Å². The first-order valence-corrected chi connectivity index (χ1v) is 9.22. The third kappa shape index (κ3) is 4.99. The lowest BCUT2D eigenvalue weighted by atomic mass is 10.2. The van der Waals surface area contributed by atoms with Crippen LogP contribution in [0.25, 0.3) is 0 Å². The summed E-state index contributed by atoms with van der Waals surface area (Å²) in [6.07, 6.45) is 1.11. The average molecular weight is 329 g/mol. The Hall–Kier alpha value is -1.60.